The smallest absolute Gasteiger partial charge is 0.193 e. The fraction of sp³-hybridized carbons (Fsp3) is 0.208. The van der Waals surface area contributed by atoms with E-state index in [0.717, 1.165) is 22.4 Å². The average molecular weight is 517 g/mol. The minimum atomic E-state index is 0. The Balaban J connectivity index is 0.00000320. The predicted octanol–water partition coefficient (Wildman–Crippen LogP) is 5.09. The first kappa shape index (κ1) is 23.9. The van der Waals surface area contributed by atoms with Crippen molar-refractivity contribution in [1.82, 2.24) is 0 Å². The fourth-order valence-electron chi connectivity index (χ4n) is 2.96. The molecule has 0 heterocycles. The van der Waals surface area contributed by atoms with Gasteiger partial charge in [-0.15, -0.1) is 24.0 Å². The molecule has 3 aromatic carbocycles. The van der Waals surface area contributed by atoms with Gasteiger partial charge in [0.1, 0.15) is 0 Å². The van der Waals surface area contributed by atoms with Crippen LogP contribution < -0.4 is 11.1 Å². The lowest BCUT2D eigenvalue weighted by Gasteiger charge is -2.11. The molecule has 5 nitrogen and oxygen atoms in total. The topological polar surface area (TPSA) is 68.9 Å². The van der Waals surface area contributed by atoms with Crippen LogP contribution in [0, 0.1) is 0 Å². The average Bonchev–Trinajstić information content (AvgIpc) is 2.75. The molecule has 0 saturated carbocycles. The largest absolute Gasteiger partial charge is 0.380 e. The predicted molar refractivity (Wildman–Crippen MR) is 133 cm³/mol. The van der Waals surface area contributed by atoms with Crippen LogP contribution in [-0.4, -0.2) is 13.1 Å². The molecule has 158 valence electrons. The molecule has 0 aliphatic heterocycles. The van der Waals surface area contributed by atoms with E-state index in [1.54, 1.807) is 7.11 Å². The Morgan fingerprint density at radius 2 is 1.50 bits per heavy atom. The summed E-state index contributed by atoms with van der Waals surface area (Å²) < 4.78 is 11.0. The van der Waals surface area contributed by atoms with Crippen molar-refractivity contribution in [3.8, 4) is 0 Å². The van der Waals surface area contributed by atoms with Gasteiger partial charge in [-0.05, 0) is 22.8 Å². The summed E-state index contributed by atoms with van der Waals surface area (Å²) in [6.45, 7) is 2.17. The molecule has 0 saturated heterocycles. The number of para-hydroxylation sites is 1. The van der Waals surface area contributed by atoms with E-state index in [1.807, 2.05) is 54.6 Å². The Hall–Kier alpha value is -2.42. The third-order valence-corrected chi connectivity index (χ3v) is 4.38. The Kier molecular flexibility index (Phi) is 10.3. The lowest BCUT2D eigenvalue weighted by Crippen LogP contribution is -2.23. The maximum atomic E-state index is 6.07. The highest BCUT2D eigenvalue weighted by Crippen LogP contribution is 2.16. The van der Waals surface area contributed by atoms with Crippen LogP contribution >= 0.6 is 24.0 Å². The van der Waals surface area contributed by atoms with Gasteiger partial charge in [0, 0.05) is 18.4 Å². The molecule has 0 fully saturated rings. The molecule has 0 amide bonds. The normalized spacial score (nSPS) is 11.0. The first-order valence-electron chi connectivity index (χ1n) is 9.58. The van der Waals surface area contributed by atoms with Gasteiger partial charge in [-0.3, -0.25) is 0 Å². The molecule has 0 aromatic heterocycles. The molecule has 0 spiro atoms. The van der Waals surface area contributed by atoms with Crippen LogP contribution in [0.15, 0.2) is 83.9 Å². The van der Waals surface area contributed by atoms with Crippen molar-refractivity contribution in [1.29, 1.82) is 0 Å². The maximum absolute atomic E-state index is 6.07. The van der Waals surface area contributed by atoms with Gasteiger partial charge in [-0.2, -0.15) is 0 Å². The van der Waals surface area contributed by atoms with E-state index in [9.17, 15) is 0 Å². The van der Waals surface area contributed by atoms with Crippen molar-refractivity contribution in [2.24, 2.45) is 10.7 Å². The number of ether oxygens (including phenoxy) is 2. The van der Waals surface area contributed by atoms with Crippen LogP contribution in [0.1, 0.15) is 22.3 Å². The standard InChI is InChI=1S/C24H27N3O2.HI/c1-28-18-22-12-5-6-13-23(22)27-24(25)26-15-20-10-7-11-21(14-20)17-29-16-19-8-3-2-4-9-19;/h2-14H,15-18H2,1H3,(H3,25,26,27);1H. The molecule has 0 aliphatic rings. The number of guanidine groups is 1. The minimum absolute atomic E-state index is 0. The van der Waals surface area contributed by atoms with Gasteiger partial charge in [0.2, 0.25) is 0 Å². The summed E-state index contributed by atoms with van der Waals surface area (Å²) in [6.07, 6.45) is 0. The molecule has 0 aliphatic carbocycles. The van der Waals surface area contributed by atoms with Crippen LogP contribution in [0.2, 0.25) is 0 Å². The molecule has 6 heteroatoms. The summed E-state index contributed by atoms with van der Waals surface area (Å²) in [6, 6.07) is 26.3. The number of methoxy groups -OCH3 is 1. The van der Waals surface area contributed by atoms with E-state index in [4.69, 9.17) is 15.2 Å². The number of nitrogens with one attached hydrogen (secondary N) is 1. The van der Waals surface area contributed by atoms with E-state index in [0.29, 0.717) is 32.3 Å². The van der Waals surface area contributed by atoms with E-state index >= 15 is 0 Å². The molecule has 3 N–H and O–H groups in total. The number of nitrogens with two attached hydrogens (primary N) is 1. The molecular weight excluding hydrogens is 489 g/mol. The Bertz CT molecular complexity index is 932. The van der Waals surface area contributed by atoms with Crippen molar-refractivity contribution in [2.45, 2.75) is 26.4 Å². The SMILES string of the molecule is COCc1ccccc1NC(N)=NCc1cccc(COCc2ccccc2)c1.I. The molecule has 30 heavy (non-hydrogen) atoms. The van der Waals surface area contributed by atoms with Crippen molar-refractivity contribution in [3.63, 3.8) is 0 Å². The summed E-state index contributed by atoms with van der Waals surface area (Å²) in [5.74, 6) is 0.374. The van der Waals surface area contributed by atoms with Crippen molar-refractivity contribution in [2.75, 3.05) is 12.4 Å². The zero-order chi connectivity index (χ0) is 20.3. The molecule has 3 rings (SSSR count). The first-order chi connectivity index (χ1) is 14.2. The summed E-state index contributed by atoms with van der Waals surface area (Å²) in [7, 11) is 1.67. The third-order valence-electron chi connectivity index (χ3n) is 4.38. The van der Waals surface area contributed by atoms with Crippen molar-refractivity contribution < 1.29 is 9.47 Å². The van der Waals surface area contributed by atoms with Gasteiger partial charge in [0.15, 0.2) is 5.96 Å². The quantitative estimate of drug-likeness (QED) is 0.236. The van der Waals surface area contributed by atoms with Crippen LogP contribution in [0.4, 0.5) is 5.69 Å². The van der Waals surface area contributed by atoms with Crippen LogP contribution in [0.3, 0.4) is 0 Å². The number of anilines is 1. The van der Waals surface area contributed by atoms with Gasteiger partial charge < -0.3 is 20.5 Å². The summed E-state index contributed by atoms with van der Waals surface area (Å²) in [4.78, 5) is 4.46. The monoisotopic (exact) mass is 517 g/mol. The third kappa shape index (κ3) is 7.78. The molecule has 0 radical (unpaired) electrons. The van der Waals surface area contributed by atoms with Gasteiger partial charge in [0.25, 0.3) is 0 Å². The van der Waals surface area contributed by atoms with Crippen LogP contribution in [0.25, 0.3) is 0 Å². The Morgan fingerprint density at radius 1 is 0.833 bits per heavy atom. The summed E-state index contributed by atoms with van der Waals surface area (Å²) >= 11 is 0. The number of halogens is 1. The second kappa shape index (κ2) is 13.0. The lowest BCUT2D eigenvalue weighted by atomic mass is 10.1. The molecule has 0 unspecified atom stereocenters. The number of hydrogen-bond donors (Lipinski definition) is 2. The highest BCUT2D eigenvalue weighted by Gasteiger charge is 2.03. The number of aliphatic imine (C=N–C) groups is 1. The first-order valence-corrected chi connectivity index (χ1v) is 9.58. The zero-order valence-corrected chi connectivity index (χ0v) is 19.4. The van der Waals surface area contributed by atoms with Gasteiger partial charge in [-0.1, -0.05) is 72.8 Å². The highest BCUT2D eigenvalue weighted by atomic mass is 127. The molecule has 0 atom stereocenters. The van der Waals surface area contributed by atoms with Crippen molar-refractivity contribution in [3.05, 3.63) is 101 Å². The van der Waals surface area contributed by atoms with Crippen LogP contribution in [0.5, 0.6) is 0 Å². The summed E-state index contributed by atoms with van der Waals surface area (Å²) in [5, 5.41) is 3.16. The fourth-order valence-corrected chi connectivity index (χ4v) is 2.96. The summed E-state index contributed by atoms with van der Waals surface area (Å²) in [5.41, 5.74) is 11.4. The van der Waals surface area contributed by atoms with Gasteiger partial charge >= 0.3 is 0 Å². The molecule has 3 aromatic rings. The Labute approximate surface area is 195 Å². The second-order valence-corrected chi connectivity index (χ2v) is 6.71. The van der Waals surface area contributed by atoms with Crippen LogP contribution in [-0.2, 0) is 35.8 Å². The molecular formula is C24H28IN3O2. The number of rotatable bonds is 9. The second-order valence-electron chi connectivity index (χ2n) is 6.71. The number of hydrogen-bond acceptors (Lipinski definition) is 3. The zero-order valence-electron chi connectivity index (χ0n) is 17.1. The van der Waals surface area contributed by atoms with Gasteiger partial charge in [0.05, 0.1) is 26.4 Å². The van der Waals surface area contributed by atoms with E-state index < -0.39 is 0 Å². The maximum Gasteiger partial charge on any atom is 0.193 e. The lowest BCUT2D eigenvalue weighted by molar-refractivity contribution is 0.107. The van der Waals surface area contributed by atoms with E-state index in [1.165, 1.54) is 5.56 Å². The van der Waals surface area contributed by atoms with E-state index in [-0.39, 0.29) is 24.0 Å². The number of benzene rings is 3. The number of nitrogens with zero attached hydrogens (tertiary/aromatic N) is 1. The van der Waals surface area contributed by atoms with Gasteiger partial charge in [-0.25, -0.2) is 4.99 Å². The minimum Gasteiger partial charge on any atom is -0.380 e. The highest BCUT2D eigenvalue weighted by molar-refractivity contribution is 14.0. The van der Waals surface area contributed by atoms with E-state index in [2.05, 4.69) is 34.6 Å². The Morgan fingerprint density at radius 3 is 2.30 bits per heavy atom. The molecule has 0 bridgehead atoms. The van der Waals surface area contributed by atoms with Crippen molar-refractivity contribution >= 4 is 35.6 Å².